The number of hydrazone groups is 1. The van der Waals surface area contributed by atoms with Crippen LogP contribution in [0.2, 0.25) is 5.02 Å². The third-order valence-corrected chi connectivity index (χ3v) is 3.53. The molecule has 0 bridgehead atoms. The van der Waals surface area contributed by atoms with Gasteiger partial charge in [0, 0.05) is 17.1 Å². The molecule has 124 valence electrons. The van der Waals surface area contributed by atoms with Crippen molar-refractivity contribution in [2.75, 3.05) is 6.54 Å². The van der Waals surface area contributed by atoms with Gasteiger partial charge in [-0.15, -0.1) is 17.1 Å². The van der Waals surface area contributed by atoms with Crippen LogP contribution >= 0.6 is 23.8 Å². The predicted octanol–water partition coefficient (Wildman–Crippen LogP) is 1.98. The van der Waals surface area contributed by atoms with Crippen molar-refractivity contribution in [3.8, 4) is 5.75 Å². The van der Waals surface area contributed by atoms with Gasteiger partial charge >= 0.3 is 0 Å². The van der Waals surface area contributed by atoms with Crippen molar-refractivity contribution in [3.05, 3.63) is 77.3 Å². The molecule has 4 nitrogen and oxygen atoms in total. The largest absolute Gasteiger partial charge is 0.489 e. The number of hydrazine groups is 1. The van der Waals surface area contributed by atoms with Gasteiger partial charge in [-0.05, 0) is 54.2 Å². The van der Waals surface area contributed by atoms with Gasteiger partial charge in [0.05, 0.1) is 0 Å². The fraction of sp³-hybridized carbons (Fsp3) is 0.111. The van der Waals surface area contributed by atoms with Crippen LogP contribution in [0.3, 0.4) is 0 Å². The number of thiocarbonyl (C=S) groups is 1. The topological polar surface area (TPSA) is 47.3 Å². The van der Waals surface area contributed by atoms with Gasteiger partial charge in [0.15, 0.2) is 6.21 Å². The average Bonchev–Trinajstić information content (AvgIpc) is 2.60. The predicted molar refractivity (Wildman–Crippen MR) is 102 cm³/mol. The van der Waals surface area contributed by atoms with Crippen molar-refractivity contribution in [1.82, 2.24) is 10.7 Å². The molecule has 0 aliphatic carbocycles. The zero-order chi connectivity index (χ0) is 17.2. The van der Waals surface area contributed by atoms with Crippen molar-refractivity contribution in [2.24, 2.45) is 0 Å². The van der Waals surface area contributed by atoms with E-state index in [9.17, 15) is 0 Å². The Hall–Kier alpha value is -2.37. The molecule has 0 saturated carbocycles. The standard InChI is InChI=1S/C18H18ClN3OS/c1-2-11-20-18(24)22-21-12-14-5-9-17(10-6-14)23-13-15-3-7-16(19)8-4-15/h2-10,12H,1,11,13H2,(H2,20,22,24)/p+1. The van der Waals surface area contributed by atoms with Gasteiger partial charge in [-0.3, -0.25) is 0 Å². The third kappa shape index (κ3) is 6.40. The summed E-state index contributed by atoms with van der Waals surface area (Å²) in [7, 11) is 0. The van der Waals surface area contributed by atoms with Crippen LogP contribution in [0.15, 0.2) is 61.2 Å². The van der Waals surface area contributed by atoms with Gasteiger partial charge in [0.1, 0.15) is 12.4 Å². The molecule has 0 amide bonds. The summed E-state index contributed by atoms with van der Waals surface area (Å²) in [5, 5.41) is 7.11. The average molecular weight is 361 g/mol. The van der Waals surface area contributed by atoms with E-state index in [0.29, 0.717) is 18.3 Å². The van der Waals surface area contributed by atoms with Crippen LogP contribution in [-0.4, -0.2) is 17.9 Å². The minimum absolute atomic E-state index is 0.503. The highest BCUT2D eigenvalue weighted by molar-refractivity contribution is 7.80. The molecule has 3 N–H and O–H groups in total. The Morgan fingerprint density at radius 3 is 2.54 bits per heavy atom. The molecule has 0 aromatic heterocycles. The van der Waals surface area contributed by atoms with Crippen LogP contribution in [0.25, 0.3) is 0 Å². The first-order chi connectivity index (χ1) is 11.7. The Labute approximate surface area is 152 Å². The molecule has 2 aromatic carbocycles. The lowest BCUT2D eigenvalue weighted by molar-refractivity contribution is -0.500. The van der Waals surface area contributed by atoms with Gasteiger partial charge in [-0.2, -0.15) is 0 Å². The molecule has 2 rings (SSSR count). The number of benzene rings is 2. The van der Waals surface area contributed by atoms with Gasteiger partial charge in [-0.25, -0.2) is 0 Å². The first kappa shape index (κ1) is 18.0. The second-order valence-electron chi connectivity index (χ2n) is 4.90. The van der Waals surface area contributed by atoms with Gasteiger partial charge in [-0.1, -0.05) is 29.8 Å². The molecule has 0 unspecified atom stereocenters. The maximum atomic E-state index is 5.86. The van der Waals surface area contributed by atoms with Crippen LogP contribution in [0.4, 0.5) is 0 Å². The van der Waals surface area contributed by atoms with E-state index >= 15 is 0 Å². The summed E-state index contributed by atoms with van der Waals surface area (Å²) < 4.78 is 5.74. The van der Waals surface area contributed by atoms with Crippen LogP contribution in [0.1, 0.15) is 11.1 Å². The summed E-state index contributed by atoms with van der Waals surface area (Å²) in [5.74, 6) is 0.804. The monoisotopic (exact) mass is 360 g/mol. The summed E-state index contributed by atoms with van der Waals surface area (Å²) in [6, 6.07) is 15.3. The maximum absolute atomic E-state index is 5.86. The minimum atomic E-state index is 0.503. The van der Waals surface area contributed by atoms with Crippen molar-refractivity contribution in [1.29, 1.82) is 0 Å². The zero-order valence-corrected chi connectivity index (χ0v) is 14.7. The molecule has 0 fully saturated rings. The van der Waals surface area contributed by atoms with Crippen molar-refractivity contribution >= 4 is 35.1 Å². The second kappa shape index (κ2) is 9.70. The fourth-order valence-corrected chi connectivity index (χ4v) is 2.07. The Morgan fingerprint density at radius 1 is 1.17 bits per heavy atom. The smallest absolute Gasteiger partial charge is 0.224 e. The molecular formula is C18H19ClN3OS+. The Morgan fingerprint density at radius 2 is 1.88 bits per heavy atom. The number of rotatable bonds is 7. The molecule has 0 radical (unpaired) electrons. The third-order valence-electron chi connectivity index (χ3n) is 3.03. The van der Waals surface area contributed by atoms with E-state index in [1.165, 1.54) is 0 Å². The molecule has 0 atom stereocenters. The first-order valence-corrected chi connectivity index (χ1v) is 8.17. The van der Waals surface area contributed by atoms with Crippen LogP contribution in [0, 0.1) is 0 Å². The summed E-state index contributed by atoms with van der Waals surface area (Å²) in [5.41, 5.74) is 4.92. The fourth-order valence-electron chi connectivity index (χ4n) is 1.80. The van der Waals surface area contributed by atoms with E-state index in [1.807, 2.05) is 54.7 Å². The lowest BCUT2D eigenvalue weighted by atomic mass is 10.2. The van der Waals surface area contributed by atoms with E-state index in [2.05, 4.69) is 22.4 Å². The summed E-state index contributed by atoms with van der Waals surface area (Å²) in [6.07, 6.45) is 3.55. The second-order valence-corrected chi connectivity index (χ2v) is 5.74. The van der Waals surface area contributed by atoms with E-state index < -0.39 is 0 Å². The van der Waals surface area contributed by atoms with Crippen LogP contribution in [0.5, 0.6) is 5.75 Å². The molecule has 0 heterocycles. The zero-order valence-electron chi connectivity index (χ0n) is 13.1. The Kier molecular flexibility index (Phi) is 7.26. The Bertz CT molecular complexity index is 699. The van der Waals surface area contributed by atoms with Gasteiger partial charge in [0.2, 0.25) is 5.11 Å². The maximum Gasteiger partial charge on any atom is 0.224 e. The SMILES string of the molecule is C=CCNC(=S)N[NH+]=Cc1ccc(OCc2ccc(Cl)cc2)cc1. The Balaban J connectivity index is 1.80. The minimum Gasteiger partial charge on any atom is -0.489 e. The highest BCUT2D eigenvalue weighted by Gasteiger charge is 1.99. The van der Waals surface area contributed by atoms with Gasteiger partial charge in [0.25, 0.3) is 0 Å². The number of ether oxygens (including phenoxy) is 1. The highest BCUT2D eigenvalue weighted by Crippen LogP contribution is 2.15. The molecular weight excluding hydrogens is 342 g/mol. The highest BCUT2D eigenvalue weighted by atomic mass is 35.5. The van der Waals surface area contributed by atoms with E-state index in [0.717, 1.165) is 21.9 Å². The molecule has 24 heavy (non-hydrogen) atoms. The quantitative estimate of drug-likeness (QED) is 0.306. The number of nitrogens with one attached hydrogen (secondary N) is 3. The van der Waals surface area contributed by atoms with Gasteiger partial charge < -0.3 is 10.1 Å². The molecule has 0 spiro atoms. The molecule has 0 saturated heterocycles. The number of hydrogen-bond acceptors (Lipinski definition) is 2. The number of halogens is 1. The van der Waals surface area contributed by atoms with Crippen molar-refractivity contribution in [3.63, 3.8) is 0 Å². The lowest BCUT2D eigenvalue weighted by Crippen LogP contribution is -2.82. The van der Waals surface area contributed by atoms with Crippen molar-refractivity contribution in [2.45, 2.75) is 6.61 Å². The van der Waals surface area contributed by atoms with Crippen molar-refractivity contribution < 1.29 is 9.84 Å². The molecule has 6 heteroatoms. The normalized spacial score (nSPS) is 10.4. The summed E-state index contributed by atoms with van der Waals surface area (Å²) in [4.78, 5) is 0. The molecule has 2 aromatic rings. The van der Waals surface area contributed by atoms with Crippen LogP contribution in [-0.2, 0) is 6.61 Å². The summed E-state index contributed by atoms with van der Waals surface area (Å²) in [6.45, 7) is 4.73. The van der Waals surface area contributed by atoms with E-state index in [-0.39, 0.29) is 0 Å². The lowest BCUT2D eigenvalue weighted by Gasteiger charge is -2.06. The van der Waals surface area contributed by atoms with E-state index in [1.54, 1.807) is 6.08 Å². The summed E-state index contributed by atoms with van der Waals surface area (Å²) >= 11 is 10.9. The number of hydrogen-bond donors (Lipinski definition) is 3. The molecule has 0 aliphatic heterocycles. The van der Waals surface area contributed by atoms with E-state index in [4.69, 9.17) is 28.6 Å². The first-order valence-electron chi connectivity index (χ1n) is 7.38. The van der Waals surface area contributed by atoms with Crippen LogP contribution < -0.4 is 20.6 Å². The molecule has 0 aliphatic rings.